The summed E-state index contributed by atoms with van der Waals surface area (Å²) in [6.07, 6.45) is 5.21. The van der Waals surface area contributed by atoms with Crippen LogP contribution in [0.25, 0.3) is 0 Å². The summed E-state index contributed by atoms with van der Waals surface area (Å²) in [5.74, 6) is -2.74. The third kappa shape index (κ3) is 4.12. The van der Waals surface area contributed by atoms with Gasteiger partial charge in [-0.1, -0.05) is 32.9 Å². The van der Waals surface area contributed by atoms with Crippen molar-refractivity contribution < 1.29 is 13.6 Å². The molecule has 1 N–H and O–H groups in total. The number of fused-ring (bicyclic) bond motifs is 1. The SMILES string of the molecule is CN(c1ccc(C(C)(C)C)cc1)C1(C(=O)NC2CCC(F)(F)CC2)CCc2ccncc21. The Morgan fingerprint density at radius 1 is 1.09 bits per heavy atom. The number of carbonyl (C=O) groups excluding carboxylic acids is 1. The van der Waals surface area contributed by atoms with E-state index in [1.807, 2.05) is 18.0 Å². The molecule has 6 heteroatoms. The third-order valence-corrected chi connectivity index (χ3v) is 7.23. The molecule has 1 aromatic carbocycles. The molecule has 0 aliphatic heterocycles. The molecule has 1 atom stereocenters. The average molecular weight is 442 g/mol. The molecule has 0 saturated heterocycles. The summed E-state index contributed by atoms with van der Waals surface area (Å²) in [6, 6.07) is 10.1. The van der Waals surface area contributed by atoms with Crippen LogP contribution in [0.3, 0.4) is 0 Å². The molecule has 1 heterocycles. The average Bonchev–Trinajstić information content (AvgIpc) is 3.15. The number of hydrogen-bond donors (Lipinski definition) is 1. The van der Waals surface area contributed by atoms with Crippen LogP contribution in [0.2, 0.25) is 0 Å². The van der Waals surface area contributed by atoms with Crippen LogP contribution in [0, 0.1) is 0 Å². The van der Waals surface area contributed by atoms with Gasteiger partial charge in [0.15, 0.2) is 0 Å². The number of amides is 1. The number of aryl methyl sites for hydroxylation is 1. The van der Waals surface area contributed by atoms with Crippen LogP contribution in [0.1, 0.15) is 69.6 Å². The van der Waals surface area contributed by atoms with Crippen molar-refractivity contribution >= 4 is 11.6 Å². The zero-order valence-corrected chi connectivity index (χ0v) is 19.4. The van der Waals surface area contributed by atoms with E-state index in [1.165, 1.54) is 5.56 Å². The van der Waals surface area contributed by atoms with Crippen molar-refractivity contribution in [3.8, 4) is 0 Å². The third-order valence-electron chi connectivity index (χ3n) is 7.23. The van der Waals surface area contributed by atoms with Gasteiger partial charge in [0.1, 0.15) is 5.54 Å². The fourth-order valence-corrected chi connectivity index (χ4v) is 5.10. The Bertz CT molecular complexity index is 973. The fraction of sp³-hybridized carbons (Fsp3) is 0.538. The fourth-order valence-electron chi connectivity index (χ4n) is 5.10. The number of benzene rings is 1. The zero-order valence-electron chi connectivity index (χ0n) is 19.4. The number of hydrogen-bond acceptors (Lipinski definition) is 3. The molecule has 1 amide bonds. The minimum atomic E-state index is -2.62. The Balaban J connectivity index is 1.66. The molecular weight excluding hydrogens is 408 g/mol. The molecule has 0 spiro atoms. The first-order chi connectivity index (χ1) is 15.0. The van der Waals surface area contributed by atoms with E-state index in [0.717, 1.165) is 23.2 Å². The van der Waals surface area contributed by atoms with Gasteiger partial charge in [-0.15, -0.1) is 0 Å². The van der Waals surface area contributed by atoms with E-state index in [2.05, 4.69) is 55.3 Å². The molecule has 4 nitrogen and oxygen atoms in total. The number of aromatic nitrogens is 1. The lowest BCUT2D eigenvalue weighted by Crippen LogP contribution is -2.56. The molecule has 1 aromatic heterocycles. The van der Waals surface area contributed by atoms with Crippen molar-refractivity contribution in [1.82, 2.24) is 10.3 Å². The highest BCUT2D eigenvalue weighted by Gasteiger charge is 2.50. The van der Waals surface area contributed by atoms with Crippen molar-refractivity contribution in [3.05, 3.63) is 59.4 Å². The summed E-state index contributed by atoms with van der Waals surface area (Å²) in [5, 5.41) is 3.12. The van der Waals surface area contributed by atoms with E-state index < -0.39 is 11.5 Å². The van der Waals surface area contributed by atoms with Crippen LogP contribution in [-0.4, -0.2) is 29.9 Å². The summed E-state index contributed by atoms with van der Waals surface area (Å²) in [4.78, 5) is 20.2. The number of nitrogens with zero attached hydrogens (tertiary/aromatic N) is 2. The topological polar surface area (TPSA) is 45.2 Å². The Hall–Kier alpha value is -2.50. The highest BCUT2D eigenvalue weighted by atomic mass is 19.3. The van der Waals surface area contributed by atoms with E-state index >= 15 is 0 Å². The van der Waals surface area contributed by atoms with Crippen molar-refractivity contribution in [1.29, 1.82) is 0 Å². The highest BCUT2D eigenvalue weighted by molar-refractivity contribution is 5.93. The Morgan fingerprint density at radius 3 is 2.38 bits per heavy atom. The minimum Gasteiger partial charge on any atom is -0.357 e. The summed E-state index contributed by atoms with van der Waals surface area (Å²) in [5.41, 5.74) is 3.32. The predicted octanol–water partition coefficient (Wildman–Crippen LogP) is 5.35. The lowest BCUT2D eigenvalue weighted by atomic mass is 9.85. The maximum Gasteiger partial charge on any atom is 0.250 e. The Labute approximate surface area is 189 Å². The second kappa shape index (κ2) is 8.13. The predicted molar refractivity (Wildman–Crippen MR) is 123 cm³/mol. The van der Waals surface area contributed by atoms with Gasteiger partial charge in [-0.2, -0.15) is 0 Å². The number of carbonyl (C=O) groups is 1. The van der Waals surface area contributed by atoms with Crippen LogP contribution < -0.4 is 10.2 Å². The number of halogens is 2. The first kappa shape index (κ1) is 22.7. The second-order valence-electron chi connectivity index (χ2n) is 10.4. The molecule has 32 heavy (non-hydrogen) atoms. The van der Waals surface area contributed by atoms with Gasteiger partial charge in [-0.25, -0.2) is 8.78 Å². The molecule has 2 aliphatic rings. The molecule has 2 aromatic rings. The van der Waals surface area contributed by atoms with Crippen LogP contribution >= 0.6 is 0 Å². The first-order valence-electron chi connectivity index (χ1n) is 11.5. The smallest absolute Gasteiger partial charge is 0.250 e. The Kier molecular flexibility index (Phi) is 5.76. The molecule has 4 rings (SSSR count). The summed E-state index contributed by atoms with van der Waals surface area (Å²) in [7, 11) is 1.95. The van der Waals surface area contributed by atoms with Gasteiger partial charge >= 0.3 is 0 Å². The van der Waals surface area contributed by atoms with Gasteiger partial charge < -0.3 is 10.2 Å². The van der Waals surface area contributed by atoms with Crippen molar-refractivity contribution in [3.63, 3.8) is 0 Å². The van der Waals surface area contributed by atoms with Gasteiger partial charge in [0, 0.05) is 49.6 Å². The highest BCUT2D eigenvalue weighted by Crippen LogP contribution is 2.44. The standard InChI is InChI=1S/C26H33F2N3O/c1-24(2,3)19-5-7-21(8-6-19)31(4)26(15-9-18-12-16-29-17-22(18)26)23(32)30-20-10-13-25(27,28)14-11-20/h5-8,12,16-17,20H,9-11,13-15H2,1-4H3,(H,30,32). The van der Waals surface area contributed by atoms with Crippen LogP contribution in [0.5, 0.6) is 0 Å². The number of anilines is 1. The molecular formula is C26H33F2N3O. The van der Waals surface area contributed by atoms with Crippen LogP contribution in [0.15, 0.2) is 42.7 Å². The normalized spacial score (nSPS) is 22.9. The lowest BCUT2D eigenvalue weighted by molar-refractivity contribution is -0.128. The van der Waals surface area contributed by atoms with E-state index in [4.69, 9.17) is 0 Å². The number of rotatable bonds is 4. The quantitative estimate of drug-likeness (QED) is 0.696. The van der Waals surface area contributed by atoms with Gasteiger partial charge in [0.25, 0.3) is 5.91 Å². The van der Waals surface area contributed by atoms with Gasteiger partial charge in [-0.3, -0.25) is 9.78 Å². The maximum atomic E-state index is 13.8. The van der Waals surface area contributed by atoms with Crippen LogP contribution in [0.4, 0.5) is 14.5 Å². The van der Waals surface area contributed by atoms with Gasteiger partial charge in [0.05, 0.1) is 0 Å². The molecule has 1 fully saturated rings. The number of pyridine rings is 1. The van der Waals surface area contributed by atoms with Crippen molar-refractivity contribution in [2.75, 3.05) is 11.9 Å². The summed E-state index contributed by atoms with van der Waals surface area (Å²) in [6.45, 7) is 6.52. The van der Waals surface area contributed by atoms with E-state index in [9.17, 15) is 13.6 Å². The first-order valence-corrected chi connectivity index (χ1v) is 11.5. The van der Waals surface area contributed by atoms with Crippen molar-refractivity contribution in [2.45, 2.75) is 82.2 Å². The largest absolute Gasteiger partial charge is 0.357 e. The van der Waals surface area contributed by atoms with Gasteiger partial charge in [0.2, 0.25) is 5.92 Å². The Morgan fingerprint density at radius 2 is 1.75 bits per heavy atom. The molecule has 0 bridgehead atoms. The summed E-state index contributed by atoms with van der Waals surface area (Å²) < 4.78 is 27.3. The number of alkyl halides is 2. The van der Waals surface area contributed by atoms with Crippen LogP contribution in [-0.2, 0) is 22.2 Å². The monoisotopic (exact) mass is 441 g/mol. The molecule has 1 unspecified atom stereocenters. The minimum absolute atomic E-state index is 0.0408. The lowest BCUT2D eigenvalue weighted by Gasteiger charge is -2.41. The second-order valence-corrected chi connectivity index (χ2v) is 10.4. The molecule has 172 valence electrons. The molecule has 1 saturated carbocycles. The van der Waals surface area contributed by atoms with E-state index in [1.54, 1.807) is 12.4 Å². The van der Waals surface area contributed by atoms with Crippen molar-refractivity contribution in [2.24, 2.45) is 0 Å². The number of nitrogens with one attached hydrogen (secondary N) is 1. The number of likely N-dealkylation sites (N-methyl/N-ethyl adjacent to an activating group) is 1. The van der Waals surface area contributed by atoms with E-state index in [-0.39, 0.29) is 30.2 Å². The van der Waals surface area contributed by atoms with Gasteiger partial charge in [-0.05, 0) is 60.4 Å². The molecule has 0 radical (unpaired) electrons. The maximum absolute atomic E-state index is 13.8. The zero-order chi connectivity index (χ0) is 23.1. The molecule has 2 aliphatic carbocycles. The summed E-state index contributed by atoms with van der Waals surface area (Å²) >= 11 is 0. The van der Waals surface area contributed by atoms with E-state index in [0.29, 0.717) is 19.3 Å².